The average molecular weight is 319 g/mol. The van der Waals surface area contributed by atoms with Crippen molar-refractivity contribution in [2.24, 2.45) is 7.05 Å². The van der Waals surface area contributed by atoms with Crippen LogP contribution >= 0.6 is 0 Å². The minimum absolute atomic E-state index is 0.0603. The van der Waals surface area contributed by atoms with E-state index < -0.39 is 11.8 Å². The van der Waals surface area contributed by atoms with Gasteiger partial charge in [-0.05, 0) is 6.08 Å². The Morgan fingerprint density at radius 1 is 1.39 bits per heavy atom. The smallest absolute Gasteiger partial charge is 0.302 e. The Morgan fingerprint density at radius 3 is 2.65 bits per heavy atom. The maximum absolute atomic E-state index is 12.5. The second kappa shape index (κ2) is 6.62. The molecule has 1 heterocycles. The van der Waals surface area contributed by atoms with Gasteiger partial charge in [-0.1, -0.05) is 6.08 Å². The second-order valence-corrected chi connectivity index (χ2v) is 4.92. The molecule has 0 saturated carbocycles. The summed E-state index contributed by atoms with van der Waals surface area (Å²) < 4.78 is 11.5. The number of ether oxygens (including phenoxy) is 2. The molecule has 0 unspecified atom stereocenters. The molecule has 0 spiro atoms. The Kier molecular flexibility index (Phi) is 4.80. The van der Waals surface area contributed by atoms with Crippen molar-refractivity contribution in [3.05, 3.63) is 40.4 Å². The van der Waals surface area contributed by atoms with Crippen molar-refractivity contribution in [3.8, 4) is 0 Å². The van der Waals surface area contributed by atoms with Gasteiger partial charge in [0.1, 0.15) is 12.3 Å². The summed E-state index contributed by atoms with van der Waals surface area (Å²) in [4.78, 5) is 35.9. The fourth-order valence-corrected chi connectivity index (χ4v) is 2.52. The summed E-state index contributed by atoms with van der Waals surface area (Å²) in [6.07, 6.45) is 4.18. The lowest BCUT2D eigenvalue weighted by atomic mass is 9.96. The van der Waals surface area contributed by atoms with E-state index >= 15 is 0 Å². The number of nitrogens with zero attached hydrogens (tertiary/aromatic N) is 1. The first kappa shape index (κ1) is 16.7. The number of carbonyl (C=O) groups is 3. The van der Waals surface area contributed by atoms with Crippen molar-refractivity contribution < 1.29 is 29.0 Å². The quantitative estimate of drug-likeness (QED) is 0.814. The third-order valence-electron chi connectivity index (χ3n) is 3.51. The minimum atomic E-state index is -0.503. The van der Waals surface area contributed by atoms with Crippen molar-refractivity contribution in [3.63, 3.8) is 0 Å². The zero-order valence-corrected chi connectivity index (χ0v) is 13.1. The van der Waals surface area contributed by atoms with E-state index in [4.69, 9.17) is 14.6 Å². The molecule has 2 rings (SSSR count). The van der Waals surface area contributed by atoms with Crippen LogP contribution in [0.15, 0.2) is 17.9 Å². The molecule has 23 heavy (non-hydrogen) atoms. The number of hydrogen-bond acceptors (Lipinski definition) is 6. The number of allylic oxidation sites excluding steroid dienone is 2. The van der Waals surface area contributed by atoms with Crippen LogP contribution in [0.25, 0.3) is 6.08 Å². The van der Waals surface area contributed by atoms with Crippen LogP contribution in [0.3, 0.4) is 0 Å². The highest BCUT2D eigenvalue weighted by atomic mass is 16.5. The molecule has 7 nitrogen and oxygen atoms in total. The summed E-state index contributed by atoms with van der Waals surface area (Å²) in [6.45, 7) is 0.901. The van der Waals surface area contributed by atoms with Crippen LogP contribution in [0.4, 0.5) is 0 Å². The number of rotatable bonds is 5. The molecule has 0 aromatic carbocycles. The summed E-state index contributed by atoms with van der Waals surface area (Å²) in [5.41, 5.74) is 1.28. The van der Waals surface area contributed by atoms with Gasteiger partial charge in [-0.3, -0.25) is 14.4 Å². The highest BCUT2D eigenvalue weighted by Crippen LogP contribution is 2.31. The van der Waals surface area contributed by atoms with Gasteiger partial charge in [0.2, 0.25) is 11.6 Å². The predicted octanol–water partition coefficient (Wildman–Crippen LogP) is 1.00. The van der Waals surface area contributed by atoms with E-state index in [1.807, 2.05) is 0 Å². The van der Waals surface area contributed by atoms with E-state index in [1.54, 1.807) is 17.7 Å². The fraction of sp³-hybridized carbons (Fsp3) is 0.312. The highest BCUT2D eigenvalue weighted by Gasteiger charge is 2.34. The van der Waals surface area contributed by atoms with Crippen LogP contribution < -0.4 is 0 Å². The maximum atomic E-state index is 12.5. The number of aromatic nitrogens is 1. The molecular formula is C16H17NO6. The Hall–Kier alpha value is -2.67. The molecule has 0 radical (unpaired) electrons. The second-order valence-electron chi connectivity index (χ2n) is 4.92. The molecular weight excluding hydrogens is 302 g/mol. The molecule has 0 saturated heterocycles. The van der Waals surface area contributed by atoms with Crippen LogP contribution in [-0.2, 0) is 27.9 Å². The van der Waals surface area contributed by atoms with Crippen LogP contribution in [0.5, 0.6) is 0 Å². The van der Waals surface area contributed by atoms with Gasteiger partial charge in [-0.2, -0.15) is 0 Å². The Morgan fingerprint density at radius 2 is 2.09 bits per heavy atom. The summed E-state index contributed by atoms with van der Waals surface area (Å²) in [5.74, 6) is -1.37. The van der Waals surface area contributed by atoms with Crippen molar-refractivity contribution in [1.29, 1.82) is 0 Å². The van der Waals surface area contributed by atoms with Gasteiger partial charge < -0.3 is 19.1 Å². The Bertz CT molecular complexity index is 738. The summed E-state index contributed by atoms with van der Waals surface area (Å²) in [5, 5.41) is 8.97. The van der Waals surface area contributed by atoms with Crippen molar-refractivity contribution >= 4 is 23.6 Å². The normalized spacial score (nSPS) is 14.0. The molecule has 1 aliphatic rings. The summed E-state index contributed by atoms with van der Waals surface area (Å²) >= 11 is 0. The van der Waals surface area contributed by atoms with E-state index in [-0.39, 0.29) is 36.0 Å². The first-order valence-corrected chi connectivity index (χ1v) is 6.89. The first-order chi connectivity index (χ1) is 10.9. The van der Waals surface area contributed by atoms with Gasteiger partial charge in [-0.25, -0.2) is 0 Å². The number of methoxy groups -OCH3 is 1. The number of hydrogen-bond donors (Lipinski definition) is 1. The lowest BCUT2D eigenvalue weighted by molar-refractivity contribution is -0.142. The number of fused-ring (bicyclic) bond motifs is 1. The zero-order chi connectivity index (χ0) is 17.1. The van der Waals surface area contributed by atoms with Crippen LogP contribution in [0, 0.1) is 0 Å². The topological polar surface area (TPSA) is 94.8 Å². The molecule has 0 aliphatic heterocycles. The molecule has 1 aromatic heterocycles. The van der Waals surface area contributed by atoms with Crippen LogP contribution in [0.1, 0.15) is 39.0 Å². The SMILES string of the molecule is COC1=CC(=O)c2c(c(COC(C)=O)c(/C=C/CO)n2C)C1=O. The largest absolute Gasteiger partial charge is 0.492 e. The number of carbonyl (C=O) groups excluding carboxylic acids is 3. The van der Waals surface area contributed by atoms with E-state index in [0.717, 1.165) is 6.08 Å². The molecule has 1 aromatic rings. The summed E-state index contributed by atoms with van der Waals surface area (Å²) in [7, 11) is 2.94. The van der Waals surface area contributed by atoms with Crippen molar-refractivity contribution in [2.45, 2.75) is 13.5 Å². The van der Waals surface area contributed by atoms with Crippen molar-refractivity contribution in [2.75, 3.05) is 13.7 Å². The van der Waals surface area contributed by atoms with Gasteiger partial charge in [-0.15, -0.1) is 0 Å². The van der Waals surface area contributed by atoms with E-state index in [0.29, 0.717) is 11.3 Å². The van der Waals surface area contributed by atoms with Gasteiger partial charge >= 0.3 is 5.97 Å². The summed E-state index contributed by atoms with van der Waals surface area (Å²) in [6, 6.07) is 0. The number of esters is 1. The Labute approximate surface area is 132 Å². The number of Topliss-reactive ketones (excluding diaryl/α,β-unsaturated/α-hetero) is 1. The van der Waals surface area contributed by atoms with Gasteiger partial charge in [0.05, 0.1) is 19.3 Å². The lowest BCUT2D eigenvalue weighted by Crippen LogP contribution is -2.20. The zero-order valence-electron chi connectivity index (χ0n) is 13.1. The molecule has 0 bridgehead atoms. The molecule has 1 N–H and O–H groups in total. The molecule has 122 valence electrons. The molecule has 0 atom stereocenters. The third-order valence-corrected chi connectivity index (χ3v) is 3.51. The molecule has 0 amide bonds. The van der Waals surface area contributed by atoms with Crippen LogP contribution in [0.2, 0.25) is 0 Å². The van der Waals surface area contributed by atoms with Crippen LogP contribution in [-0.4, -0.2) is 40.9 Å². The van der Waals surface area contributed by atoms with Crippen molar-refractivity contribution in [1.82, 2.24) is 4.57 Å². The first-order valence-electron chi connectivity index (χ1n) is 6.89. The standard InChI is InChI=1S/C16H17NO6/c1-9(19)23-8-10-11(5-4-6-18)17(2)15-12(20)7-13(22-3)16(21)14(10)15/h4-5,7,18H,6,8H2,1-3H3/b5-4+. The van der Waals surface area contributed by atoms with E-state index in [2.05, 4.69) is 0 Å². The van der Waals surface area contributed by atoms with Gasteiger partial charge in [0.25, 0.3) is 0 Å². The van der Waals surface area contributed by atoms with Gasteiger partial charge in [0, 0.05) is 31.3 Å². The fourth-order valence-electron chi connectivity index (χ4n) is 2.52. The van der Waals surface area contributed by atoms with Gasteiger partial charge in [0.15, 0.2) is 5.76 Å². The predicted molar refractivity (Wildman–Crippen MR) is 80.8 cm³/mol. The molecule has 1 aliphatic carbocycles. The molecule has 7 heteroatoms. The highest BCUT2D eigenvalue weighted by molar-refractivity contribution is 6.24. The van der Waals surface area contributed by atoms with E-state index in [1.165, 1.54) is 20.1 Å². The monoisotopic (exact) mass is 319 g/mol. The lowest BCUT2D eigenvalue weighted by Gasteiger charge is -2.13. The number of ketones is 2. The number of aliphatic hydroxyl groups is 1. The average Bonchev–Trinajstić information content (AvgIpc) is 2.79. The molecule has 0 fully saturated rings. The number of aliphatic hydroxyl groups excluding tert-OH is 1. The third kappa shape index (κ3) is 2.95. The maximum Gasteiger partial charge on any atom is 0.302 e. The Balaban J connectivity index is 2.66. The van der Waals surface area contributed by atoms with E-state index in [9.17, 15) is 14.4 Å². The minimum Gasteiger partial charge on any atom is -0.492 e.